The number of hydrogen-bond donors (Lipinski definition) is 0. The number of nitrogens with zero attached hydrogens (tertiary/aromatic N) is 1. The molecule has 1 unspecified atom stereocenters. The van der Waals surface area contributed by atoms with E-state index in [1.165, 1.54) is 0 Å². The summed E-state index contributed by atoms with van der Waals surface area (Å²) in [6.45, 7) is 6.92. The minimum Gasteiger partial charge on any atom is -0.408 e. The van der Waals surface area contributed by atoms with E-state index in [9.17, 15) is 4.79 Å². The molecule has 0 spiro atoms. The van der Waals surface area contributed by atoms with Crippen LogP contribution in [0.1, 0.15) is 44.6 Å². The molecule has 0 aliphatic heterocycles. The Morgan fingerprint density at radius 1 is 1.32 bits per heavy atom. The monoisotopic (exact) mass is 281 g/mol. The molecule has 1 atom stereocenters. The Labute approximate surface area is 118 Å². The topological polar surface area (TPSA) is 35.1 Å². The summed E-state index contributed by atoms with van der Waals surface area (Å²) in [6, 6.07) is 5.80. The number of hydrogen-bond acceptors (Lipinski definition) is 2. The third-order valence-electron chi connectivity index (χ3n) is 3.37. The first-order chi connectivity index (χ1) is 9.02. The molecule has 1 aromatic heterocycles. The van der Waals surface area contributed by atoms with Gasteiger partial charge in [-0.2, -0.15) is 0 Å². The second-order valence-electron chi connectivity index (χ2n) is 5.28. The molecule has 0 radical (unpaired) electrons. The van der Waals surface area contributed by atoms with Crippen LogP contribution in [0, 0.1) is 5.92 Å². The summed E-state index contributed by atoms with van der Waals surface area (Å²) in [7, 11) is 0. The molecule has 1 heterocycles. The number of alkyl halides is 1. The Balaban J connectivity index is 2.29. The number of aromatic nitrogens is 1. The van der Waals surface area contributed by atoms with E-state index in [-0.39, 0.29) is 11.1 Å². The first-order valence-corrected chi connectivity index (χ1v) is 7.24. The van der Waals surface area contributed by atoms with E-state index in [0.29, 0.717) is 18.0 Å². The molecule has 0 N–H and O–H groups in total. The lowest BCUT2D eigenvalue weighted by Crippen LogP contribution is -2.11. The van der Waals surface area contributed by atoms with Crippen molar-refractivity contribution in [2.24, 2.45) is 5.92 Å². The van der Waals surface area contributed by atoms with Crippen molar-refractivity contribution in [2.45, 2.75) is 45.5 Å². The fraction of sp³-hybridized carbons (Fsp3) is 0.533. The first kappa shape index (κ1) is 14.2. The molecule has 0 aliphatic carbocycles. The second-order valence-corrected chi connectivity index (χ2v) is 5.80. The maximum Gasteiger partial charge on any atom is 0.419 e. The van der Waals surface area contributed by atoms with Gasteiger partial charge in [0.1, 0.15) is 0 Å². The Kier molecular flexibility index (Phi) is 4.35. The van der Waals surface area contributed by atoms with Gasteiger partial charge in [-0.1, -0.05) is 19.9 Å². The molecule has 19 heavy (non-hydrogen) atoms. The van der Waals surface area contributed by atoms with E-state index in [0.717, 1.165) is 23.9 Å². The van der Waals surface area contributed by atoms with E-state index in [1.807, 2.05) is 25.1 Å². The molecule has 0 saturated carbocycles. The predicted octanol–water partition coefficient (Wildman–Crippen LogP) is 4.33. The average molecular weight is 282 g/mol. The highest BCUT2D eigenvalue weighted by Gasteiger charge is 2.13. The zero-order chi connectivity index (χ0) is 14.0. The van der Waals surface area contributed by atoms with Crippen molar-refractivity contribution < 1.29 is 4.42 Å². The van der Waals surface area contributed by atoms with Gasteiger partial charge >= 0.3 is 5.76 Å². The molecule has 0 aliphatic rings. The quantitative estimate of drug-likeness (QED) is 0.765. The van der Waals surface area contributed by atoms with Gasteiger partial charge in [0.25, 0.3) is 0 Å². The maximum atomic E-state index is 11.6. The van der Waals surface area contributed by atoms with Crippen molar-refractivity contribution in [1.29, 1.82) is 0 Å². The van der Waals surface area contributed by atoms with Crippen molar-refractivity contribution in [2.75, 3.05) is 0 Å². The Bertz CT molecular complexity index is 612. The summed E-state index contributed by atoms with van der Waals surface area (Å²) in [4.78, 5) is 11.6. The van der Waals surface area contributed by atoms with Gasteiger partial charge in [-0.3, -0.25) is 4.57 Å². The summed E-state index contributed by atoms with van der Waals surface area (Å²) >= 11 is 6.40. The number of fused-ring (bicyclic) bond motifs is 1. The number of benzene rings is 1. The lowest BCUT2D eigenvalue weighted by Gasteiger charge is -2.11. The summed E-state index contributed by atoms with van der Waals surface area (Å²) in [6.07, 6.45) is 2.02. The summed E-state index contributed by atoms with van der Waals surface area (Å²) in [5.41, 5.74) is 2.48. The largest absolute Gasteiger partial charge is 0.419 e. The van der Waals surface area contributed by atoms with Gasteiger partial charge < -0.3 is 4.42 Å². The maximum absolute atomic E-state index is 11.6. The van der Waals surface area contributed by atoms with E-state index in [2.05, 4.69) is 13.8 Å². The van der Waals surface area contributed by atoms with Gasteiger partial charge in [0, 0.05) is 6.54 Å². The van der Waals surface area contributed by atoms with Gasteiger partial charge in [-0.15, -0.1) is 11.6 Å². The number of halogens is 1. The van der Waals surface area contributed by atoms with Crippen molar-refractivity contribution in [3.63, 3.8) is 0 Å². The first-order valence-electron chi connectivity index (χ1n) is 6.80. The molecular formula is C15H20ClNO2. The van der Waals surface area contributed by atoms with Crippen LogP contribution >= 0.6 is 11.6 Å². The standard InChI is InChI=1S/C15H20ClNO2/c1-4-17-13-8-6-11(9-14(13)19-15(17)18)12(16)7-5-10(2)3/h6,8-10,12H,4-5,7H2,1-3H3. The molecule has 0 saturated heterocycles. The number of oxazole rings is 1. The zero-order valence-corrected chi connectivity index (χ0v) is 12.4. The fourth-order valence-corrected chi connectivity index (χ4v) is 2.49. The minimum absolute atomic E-state index is 0.0259. The van der Waals surface area contributed by atoms with Crippen LogP contribution in [-0.2, 0) is 6.54 Å². The van der Waals surface area contributed by atoms with Crippen molar-refractivity contribution in [1.82, 2.24) is 4.57 Å². The fourth-order valence-electron chi connectivity index (χ4n) is 2.22. The van der Waals surface area contributed by atoms with Crippen LogP contribution in [0.3, 0.4) is 0 Å². The summed E-state index contributed by atoms with van der Waals surface area (Å²) < 4.78 is 6.88. The van der Waals surface area contributed by atoms with Gasteiger partial charge in [0.2, 0.25) is 0 Å². The molecule has 3 nitrogen and oxygen atoms in total. The Hall–Kier alpha value is -1.22. The third kappa shape index (κ3) is 3.03. The highest BCUT2D eigenvalue weighted by molar-refractivity contribution is 6.20. The molecule has 0 fully saturated rings. The molecule has 0 bridgehead atoms. The van der Waals surface area contributed by atoms with Crippen molar-refractivity contribution in [3.05, 3.63) is 34.3 Å². The van der Waals surface area contributed by atoms with Crippen molar-refractivity contribution in [3.8, 4) is 0 Å². The molecule has 1 aromatic carbocycles. The predicted molar refractivity (Wildman–Crippen MR) is 78.8 cm³/mol. The number of rotatable bonds is 5. The van der Waals surface area contributed by atoms with E-state index < -0.39 is 0 Å². The third-order valence-corrected chi connectivity index (χ3v) is 3.84. The van der Waals surface area contributed by atoms with Gasteiger partial charge in [0.15, 0.2) is 5.58 Å². The van der Waals surface area contributed by atoms with E-state index in [4.69, 9.17) is 16.0 Å². The average Bonchev–Trinajstić information content (AvgIpc) is 2.69. The van der Waals surface area contributed by atoms with Gasteiger partial charge in [0.05, 0.1) is 10.9 Å². The SMILES string of the molecule is CCn1c(=O)oc2cc(C(Cl)CCC(C)C)ccc21. The van der Waals surface area contributed by atoms with Crippen LogP contribution in [0.15, 0.2) is 27.4 Å². The number of aryl methyl sites for hydroxylation is 1. The van der Waals surface area contributed by atoms with Crippen LogP contribution < -0.4 is 5.76 Å². The molecule has 4 heteroatoms. The van der Waals surface area contributed by atoms with E-state index in [1.54, 1.807) is 4.57 Å². The van der Waals surface area contributed by atoms with Crippen LogP contribution in [0.25, 0.3) is 11.1 Å². The molecule has 2 aromatic rings. The summed E-state index contributed by atoms with van der Waals surface area (Å²) in [5, 5.41) is -0.0259. The van der Waals surface area contributed by atoms with Crippen LogP contribution in [0.5, 0.6) is 0 Å². The van der Waals surface area contributed by atoms with Crippen LogP contribution in [0.2, 0.25) is 0 Å². The molecule has 0 amide bonds. The van der Waals surface area contributed by atoms with Gasteiger partial charge in [-0.25, -0.2) is 4.79 Å². The Morgan fingerprint density at radius 2 is 2.05 bits per heavy atom. The van der Waals surface area contributed by atoms with Crippen LogP contribution in [-0.4, -0.2) is 4.57 Å². The lowest BCUT2D eigenvalue weighted by atomic mass is 10.0. The Morgan fingerprint density at radius 3 is 2.68 bits per heavy atom. The van der Waals surface area contributed by atoms with Gasteiger partial charge in [-0.05, 0) is 43.4 Å². The molecule has 104 valence electrons. The van der Waals surface area contributed by atoms with E-state index >= 15 is 0 Å². The normalized spacial score (nSPS) is 13.3. The highest BCUT2D eigenvalue weighted by atomic mass is 35.5. The molecule has 2 rings (SSSR count). The van der Waals surface area contributed by atoms with Crippen molar-refractivity contribution >= 4 is 22.7 Å². The summed E-state index contributed by atoms with van der Waals surface area (Å²) in [5.74, 6) is 0.340. The smallest absolute Gasteiger partial charge is 0.408 e. The minimum atomic E-state index is -0.303. The lowest BCUT2D eigenvalue weighted by molar-refractivity contribution is 0.512. The molecular weight excluding hydrogens is 262 g/mol. The highest BCUT2D eigenvalue weighted by Crippen LogP contribution is 2.29. The zero-order valence-electron chi connectivity index (χ0n) is 11.6. The van der Waals surface area contributed by atoms with Crippen LogP contribution in [0.4, 0.5) is 0 Å². The second kappa shape index (κ2) is 5.83.